The molecule has 0 radical (unpaired) electrons. The summed E-state index contributed by atoms with van der Waals surface area (Å²) in [4.78, 5) is 24.9. The molecule has 1 aromatic heterocycles. The Morgan fingerprint density at radius 3 is 2.53 bits per heavy atom. The van der Waals surface area contributed by atoms with Gasteiger partial charge in [0.2, 0.25) is 5.91 Å². The lowest BCUT2D eigenvalue weighted by Gasteiger charge is -2.06. The molecule has 1 rings (SSSR count). The molecule has 0 fully saturated rings. The van der Waals surface area contributed by atoms with Crippen LogP contribution in [-0.2, 0) is 11.3 Å². The van der Waals surface area contributed by atoms with Gasteiger partial charge in [-0.2, -0.15) is 0 Å². The summed E-state index contributed by atoms with van der Waals surface area (Å²) in [6, 6.07) is 1.28. The highest BCUT2D eigenvalue weighted by Gasteiger charge is 2.08. The first-order chi connectivity index (χ1) is 8.04. The van der Waals surface area contributed by atoms with Gasteiger partial charge in [0, 0.05) is 19.5 Å². The van der Waals surface area contributed by atoms with Crippen LogP contribution in [0.1, 0.15) is 26.3 Å². The van der Waals surface area contributed by atoms with Crippen LogP contribution in [0.5, 0.6) is 5.88 Å². The van der Waals surface area contributed by atoms with Crippen molar-refractivity contribution in [3.05, 3.63) is 27.0 Å². The van der Waals surface area contributed by atoms with Gasteiger partial charge in [0.25, 0.3) is 0 Å². The molecule has 0 unspecified atom stereocenters. The Kier molecular flexibility index (Phi) is 7.05. The van der Waals surface area contributed by atoms with Crippen molar-refractivity contribution in [2.75, 3.05) is 7.11 Å². The van der Waals surface area contributed by atoms with Gasteiger partial charge in [0.1, 0.15) is 5.15 Å². The number of methoxy groups -OCH3 is 1. The van der Waals surface area contributed by atoms with E-state index < -0.39 is 0 Å². The van der Waals surface area contributed by atoms with E-state index in [4.69, 9.17) is 16.3 Å². The number of H-pyrrole nitrogens is 1. The SMILES string of the molecule is CC.COc1cc(=O)c(CNC(C)=O)c(Cl)[nH]1. The number of hydrogen-bond donors (Lipinski definition) is 2. The fourth-order valence-electron chi connectivity index (χ4n) is 1.02. The van der Waals surface area contributed by atoms with E-state index in [1.54, 1.807) is 0 Å². The fourth-order valence-corrected chi connectivity index (χ4v) is 1.27. The molecule has 17 heavy (non-hydrogen) atoms. The molecule has 1 amide bonds. The van der Waals surface area contributed by atoms with Gasteiger partial charge in [-0.3, -0.25) is 9.59 Å². The molecule has 0 spiro atoms. The molecule has 6 heteroatoms. The van der Waals surface area contributed by atoms with Gasteiger partial charge in [-0.1, -0.05) is 25.4 Å². The van der Waals surface area contributed by atoms with Crippen LogP contribution >= 0.6 is 11.6 Å². The van der Waals surface area contributed by atoms with Crippen LogP contribution in [0.25, 0.3) is 0 Å². The minimum atomic E-state index is -0.274. The summed E-state index contributed by atoms with van der Waals surface area (Å²) in [5.41, 5.74) is 0.0389. The predicted molar refractivity (Wildman–Crippen MR) is 67.5 cm³/mol. The second-order valence-electron chi connectivity index (χ2n) is 2.90. The van der Waals surface area contributed by atoms with E-state index in [9.17, 15) is 9.59 Å². The summed E-state index contributed by atoms with van der Waals surface area (Å²) >= 11 is 5.81. The molecular formula is C11H17ClN2O3. The molecule has 5 nitrogen and oxygen atoms in total. The second kappa shape index (κ2) is 7.73. The van der Waals surface area contributed by atoms with Crippen molar-refractivity contribution >= 4 is 17.5 Å². The number of aromatic nitrogens is 1. The number of carbonyl (C=O) groups is 1. The number of ether oxygens (including phenoxy) is 1. The van der Waals surface area contributed by atoms with Crippen LogP contribution in [0.2, 0.25) is 5.15 Å². The molecule has 0 aromatic carbocycles. The van der Waals surface area contributed by atoms with Crippen LogP contribution in [0.4, 0.5) is 0 Å². The van der Waals surface area contributed by atoms with Gasteiger partial charge >= 0.3 is 0 Å². The van der Waals surface area contributed by atoms with Crippen LogP contribution in [-0.4, -0.2) is 18.0 Å². The van der Waals surface area contributed by atoms with Crippen LogP contribution in [0.3, 0.4) is 0 Å². The van der Waals surface area contributed by atoms with Crippen LogP contribution in [0.15, 0.2) is 10.9 Å². The van der Waals surface area contributed by atoms with Crippen molar-refractivity contribution in [2.24, 2.45) is 0 Å². The Bertz CT molecular complexity index is 429. The maximum atomic E-state index is 11.5. The molecule has 1 heterocycles. The van der Waals surface area contributed by atoms with Gasteiger partial charge in [-0.15, -0.1) is 0 Å². The Balaban J connectivity index is 0.00000121. The van der Waals surface area contributed by atoms with Crippen molar-refractivity contribution in [1.82, 2.24) is 10.3 Å². The third-order valence-electron chi connectivity index (χ3n) is 1.79. The molecule has 0 aliphatic carbocycles. The predicted octanol–water partition coefficient (Wildman–Crippen LogP) is 1.70. The van der Waals surface area contributed by atoms with E-state index in [1.165, 1.54) is 20.1 Å². The summed E-state index contributed by atoms with van der Waals surface area (Å²) in [6.07, 6.45) is 0. The normalized spacial score (nSPS) is 9.00. The topological polar surface area (TPSA) is 71.2 Å². The molecule has 0 atom stereocenters. The highest BCUT2D eigenvalue weighted by Crippen LogP contribution is 2.13. The molecule has 2 N–H and O–H groups in total. The summed E-state index contributed by atoms with van der Waals surface area (Å²) in [7, 11) is 1.43. The van der Waals surface area contributed by atoms with E-state index in [-0.39, 0.29) is 28.9 Å². The molecule has 0 saturated heterocycles. The lowest BCUT2D eigenvalue weighted by molar-refractivity contribution is -0.119. The lowest BCUT2D eigenvalue weighted by atomic mass is 10.2. The molecule has 0 aliphatic rings. The smallest absolute Gasteiger partial charge is 0.217 e. The molecule has 0 aliphatic heterocycles. The molecule has 0 saturated carbocycles. The van der Waals surface area contributed by atoms with Crippen LogP contribution in [0, 0.1) is 0 Å². The maximum Gasteiger partial charge on any atom is 0.217 e. The van der Waals surface area contributed by atoms with Gasteiger partial charge in [0.15, 0.2) is 11.3 Å². The van der Waals surface area contributed by atoms with Crippen LogP contribution < -0.4 is 15.5 Å². The van der Waals surface area contributed by atoms with E-state index in [0.29, 0.717) is 5.56 Å². The minimum absolute atomic E-state index is 0.105. The molecule has 96 valence electrons. The van der Waals surface area contributed by atoms with Gasteiger partial charge in [0.05, 0.1) is 12.7 Å². The van der Waals surface area contributed by atoms with Crippen molar-refractivity contribution in [3.63, 3.8) is 0 Å². The number of aromatic amines is 1. The fraction of sp³-hybridized carbons (Fsp3) is 0.455. The summed E-state index contributed by atoms with van der Waals surface area (Å²) in [6.45, 7) is 5.47. The van der Waals surface area contributed by atoms with Crippen molar-refractivity contribution in [3.8, 4) is 5.88 Å². The first-order valence-corrected chi connectivity index (χ1v) is 5.62. The zero-order chi connectivity index (χ0) is 13.4. The largest absolute Gasteiger partial charge is 0.482 e. The first-order valence-electron chi connectivity index (χ1n) is 5.24. The van der Waals surface area contributed by atoms with Crippen molar-refractivity contribution < 1.29 is 9.53 Å². The summed E-state index contributed by atoms with van der Waals surface area (Å²) < 4.78 is 4.83. The zero-order valence-corrected chi connectivity index (χ0v) is 11.1. The number of amides is 1. The van der Waals surface area contributed by atoms with E-state index in [0.717, 1.165) is 0 Å². The molecule has 1 aromatic rings. The minimum Gasteiger partial charge on any atom is -0.482 e. The Hall–Kier alpha value is -1.49. The highest BCUT2D eigenvalue weighted by molar-refractivity contribution is 6.30. The number of hydrogen-bond acceptors (Lipinski definition) is 3. The average Bonchev–Trinajstić information content (AvgIpc) is 2.30. The first kappa shape index (κ1) is 15.5. The second-order valence-corrected chi connectivity index (χ2v) is 3.28. The van der Waals surface area contributed by atoms with Gasteiger partial charge in [-0.05, 0) is 0 Å². The highest BCUT2D eigenvalue weighted by atomic mass is 35.5. The summed E-state index contributed by atoms with van der Waals surface area (Å²) in [5, 5.41) is 2.67. The van der Waals surface area contributed by atoms with Crippen molar-refractivity contribution in [2.45, 2.75) is 27.3 Å². The number of pyridine rings is 1. The Labute approximate surface area is 105 Å². The van der Waals surface area contributed by atoms with E-state index in [1.807, 2.05) is 13.8 Å². The van der Waals surface area contributed by atoms with Gasteiger partial charge < -0.3 is 15.0 Å². The lowest BCUT2D eigenvalue weighted by Crippen LogP contribution is -2.24. The van der Waals surface area contributed by atoms with Crippen molar-refractivity contribution in [1.29, 1.82) is 0 Å². The molecular weight excluding hydrogens is 244 g/mol. The summed E-state index contributed by atoms with van der Waals surface area (Å²) in [5.74, 6) is 0.0675. The third kappa shape index (κ3) is 4.91. The number of rotatable bonds is 3. The maximum absolute atomic E-state index is 11.5. The zero-order valence-electron chi connectivity index (χ0n) is 10.4. The third-order valence-corrected chi connectivity index (χ3v) is 2.11. The Morgan fingerprint density at radius 1 is 1.53 bits per heavy atom. The number of nitrogens with one attached hydrogen (secondary N) is 2. The molecule has 0 bridgehead atoms. The quantitative estimate of drug-likeness (QED) is 0.813. The standard InChI is InChI=1S/C9H11ClN2O3.C2H6/c1-5(13)11-4-6-7(14)3-8(15-2)12-9(6)10;1-2/h3H,4H2,1-2H3,(H,11,13)(H,12,14);1-2H3. The number of carbonyl (C=O) groups excluding carboxylic acids is 1. The average molecular weight is 261 g/mol. The number of halogens is 1. The van der Waals surface area contributed by atoms with E-state index >= 15 is 0 Å². The van der Waals surface area contributed by atoms with E-state index in [2.05, 4.69) is 10.3 Å². The Morgan fingerprint density at radius 2 is 2.12 bits per heavy atom. The van der Waals surface area contributed by atoms with Gasteiger partial charge in [-0.25, -0.2) is 0 Å². The monoisotopic (exact) mass is 260 g/mol.